The molecule has 0 aromatic heterocycles. The third-order valence-corrected chi connectivity index (χ3v) is 11.0. The van der Waals surface area contributed by atoms with Crippen LogP contribution in [0.2, 0.25) is 0 Å². The van der Waals surface area contributed by atoms with Crippen LogP contribution in [0.5, 0.6) is 0 Å². The smallest absolute Gasteiger partial charge is 0.303 e. The van der Waals surface area contributed by atoms with Gasteiger partial charge in [-0.3, -0.25) is 9.69 Å². The van der Waals surface area contributed by atoms with Crippen LogP contribution in [0.4, 0.5) is 4.39 Å². The number of piperidine rings is 1. The molecule has 1 N–H and O–H groups in total. The summed E-state index contributed by atoms with van der Waals surface area (Å²) < 4.78 is 18.9. The zero-order valence-electron chi connectivity index (χ0n) is 22.2. The number of esters is 1. The maximum absolute atomic E-state index is 13.3. The van der Waals surface area contributed by atoms with E-state index in [-0.39, 0.29) is 29.7 Å². The van der Waals surface area contributed by atoms with E-state index in [1.54, 1.807) is 12.1 Å². The molecule has 2 saturated heterocycles. The van der Waals surface area contributed by atoms with Crippen molar-refractivity contribution in [2.75, 3.05) is 6.54 Å². The average molecular weight is 516 g/mol. The molecule has 1 aromatic carbocycles. The number of hydrogen-bond donors (Lipinski definition) is 1. The number of aliphatic hydroxyl groups is 1. The van der Waals surface area contributed by atoms with E-state index < -0.39 is 5.60 Å². The molecule has 3 unspecified atom stereocenters. The standard InChI is InChI=1S/C30H42FNO3S/c1-18-13-28-27(12-5-20(3)30(28,34)16-29(18)35-21(4)33)19(2)17-32-23-8-9-24(32)15-26(14-23)36-25-10-6-22(31)7-11-25/h6-7,10-11,13,19-20,23-24,26-29,34H,5,8-9,12,14-17H2,1-4H3/t19?,20-,23?,24?,26?,27+,28-,29-,30-/m1/s1. The number of fused-ring (bicyclic) bond motifs is 3. The molecule has 198 valence electrons. The fraction of sp³-hybridized carbons (Fsp3) is 0.700. The van der Waals surface area contributed by atoms with E-state index in [4.69, 9.17) is 4.74 Å². The number of carbonyl (C=O) groups excluding carboxylic acids is 1. The summed E-state index contributed by atoms with van der Waals surface area (Å²) in [6.07, 6.45) is 9.55. The number of hydrogen-bond acceptors (Lipinski definition) is 5. The lowest BCUT2D eigenvalue weighted by Crippen LogP contribution is -2.56. The molecule has 36 heavy (non-hydrogen) atoms. The maximum atomic E-state index is 13.3. The van der Waals surface area contributed by atoms with Gasteiger partial charge in [0.2, 0.25) is 0 Å². The van der Waals surface area contributed by atoms with Crippen LogP contribution in [0.25, 0.3) is 0 Å². The molecule has 0 amide bonds. The first-order valence-corrected chi connectivity index (χ1v) is 14.8. The summed E-state index contributed by atoms with van der Waals surface area (Å²) in [5.74, 6) is 0.797. The Morgan fingerprint density at radius 1 is 1.19 bits per heavy atom. The number of benzene rings is 1. The van der Waals surface area contributed by atoms with Gasteiger partial charge in [0.05, 0.1) is 5.60 Å². The van der Waals surface area contributed by atoms with Crippen molar-refractivity contribution < 1.29 is 19.0 Å². The molecule has 2 bridgehead atoms. The van der Waals surface area contributed by atoms with E-state index in [9.17, 15) is 14.3 Å². The van der Waals surface area contributed by atoms with E-state index in [0.29, 0.717) is 35.6 Å². The molecule has 2 aliphatic heterocycles. The van der Waals surface area contributed by atoms with E-state index in [2.05, 4.69) is 31.7 Å². The summed E-state index contributed by atoms with van der Waals surface area (Å²) >= 11 is 1.92. The lowest BCUT2D eigenvalue weighted by molar-refractivity contribution is -0.159. The van der Waals surface area contributed by atoms with Crippen LogP contribution in [-0.2, 0) is 9.53 Å². The van der Waals surface area contributed by atoms with Gasteiger partial charge in [0.1, 0.15) is 11.9 Å². The lowest BCUT2D eigenvalue weighted by atomic mass is 9.57. The van der Waals surface area contributed by atoms with Crippen LogP contribution in [0.1, 0.15) is 72.6 Å². The van der Waals surface area contributed by atoms with Crippen LogP contribution in [-0.4, -0.2) is 51.6 Å². The molecule has 1 saturated carbocycles. The van der Waals surface area contributed by atoms with Crippen molar-refractivity contribution in [3.63, 3.8) is 0 Å². The maximum Gasteiger partial charge on any atom is 0.303 e. The molecule has 1 aromatic rings. The van der Waals surface area contributed by atoms with Crippen molar-refractivity contribution >= 4 is 17.7 Å². The second-order valence-corrected chi connectivity index (χ2v) is 13.5. The minimum Gasteiger partial charge on any atom is -0.458 e. The van der Waals surface area contributed by atoms with E-state index in [1.807, 2.05) is 23.9 Å². The molecule has 2 heterocycles. The van der Waals surface area contributed by atoms with Gasteiger partial charge in [-0.2, -0.15) is 0 Å². The Balaban J connectivity index is 1.25. The molecule has 2 aliphatic carbocycles. The Morgan fingerprint density at radius 2 is 1.86 bits per heavy atom. The second kappa shape index (κ2) is 10.4. The van der Waals surface area contributed by atoms with Gasteiger partial charge in [-0.15, -0.1) is 11.8 Å². The Bertz CT molecular complexity index is 969. The van der Waals surface area contributed by atoms with Crippen molar-refractivity contribution in [3.05, 3.63) is 41.7 Å². The van der Waals surface area contributed by atoms with Gasteiger partial charge in [-0.25, -0.2) is 4.39 Å². The fourth-order valence-electron chi connectivity index (χ4n) is 7.79. The number of thioether (sulfide) groups is 1. The van der Waals surface area contributed by atoms with Crippen molar-refractivity contribution in [3.8, 4) is 0 Å². The average Bonchev–Trinajstić information content (AvgIpc) is 3.04. The molecule has 4 nitrogen and oxygen atoms in total. The molecule has 5 rings (SSSR count). The van der Waals surface area contributed by atoms with Crippen molar-refractivity contribution in [2.24, 2.45) is 23.7 Å². The minimum atomic E-state index is -0.811. The quantitative estimate of drug-likeness (QED) is 0.360. The number of ether oxygens (including phenoxy) is 1. The topological polar surface area (TPSA) is 49.8 Å². The number of nitrogens with zero attached hydrogens (tertiary/aromatic N) is 1. The minimum absolute atomic E-state index is 0.118. The zero-order valence-corrected chi connectivity index (χ0v) is 23.0. The lowest BCUT2D eigenvalue weighted by Gasteiger charge is -2.53. The highest BCUT2D eigenvalue weighted by molar-refractivity contribution is 8.00. The highest BCUT2D eigenvalue weighted by Gasteiger charge is 2.53. The van der Waals surface area contributed by atoms with E-state index in [1.165, 1.54) is 37.5 Å². The van der Waals surface area contributed by atoms with Crippen molar-refractivity contribution in [1.29, 1.82) is 0 Å². The Hall–Kier alpha value is -1.37. The van der Waals surface area contributed by atoms with Crippen LogP contribution in [0, 0.1) is 29.5 Å². The highest BCUT2D eigenvalue weighted by Crippen LogP contribution is 2.52. The second-order valence-electron chi connectivity index (χ2n) is 12.1. The van der Waals surface area contributed by atoms with E-state index >= 15 is 0 Å². The van der Waals surface area contributed by atoms with E-state index in [0.717, 1.165) is 25.0 Å². The third-order valence-electron chi connectivity index (χ3n) is 9.78. The summed E-state index contributed by atoms with van der Waals surface area (Å²) in [6.45, 7) is 9.15. The zero-order chi connectivity index (χ0) is 25.6. The molecule has 0 radical (unpaired) electrons. The van der Waals surface area contributed by atoms with Gasteiger partial charge in [0.25, 0.3) is 0 Å². The monoisotopic (exact) mass is 515 g/mol. The largest absolute Gasteiger partial charge is 0.458 e. The summed E-state index contributed by atoms with van der Waals surface area (Å²) in [7, 11) is 0. The summed E-state index contributed by atoms with van der Waals surface area (Å²) in [4.78, 5) is 15.6. The number of carbonyl (C=O) groups is 1. The Morgan fingerprint density at radius 3 is 2.50 bits per heavy atom. The highest BCUT2D eigenvalue weighted by atomic mass is 32.2. The van der Waals surface area contributed by atoms with Crippen molar-refractivity contribution in [1.82, 2.24) is 4.90 Å². The van der Waals surface area contributed by atoms with Crippen LogP contribution >= 0.6 is 11.8 Å². The van der Waals surface area contributed by atoms with Crippen LogP contribution < -0.4 is 0 Å². The van der Waals surface area contributed by atoms with Crippen LogP contribution in [0.3, 0.4) is 0 Å². The molecule has 3 fully saturated rings. The van der Waals surface area contributed by atoms with Crippen molar-refractivity contribution in [2.45, 2.75) is 107 Å². The summed E-state index contributed by atoms with van der Waals surface area (Å²) in [5.41, 5.74) is 0.277. The third kappa shape index (κ3) is 5.15. The van der Waals surface area contributed by atoms with Gasteiger partial charge in [0.15, 0.2) is 0 Å². The molecule has 0 spiro atoms. The first-order valence-electron chi connectivity index (χ1n) is 13.9. The summed E-state index contributed by atoms with van der Waals surface area (Å²) in [5, 5.41) is 12.5. The fourth-order valence-corrected chi connectivity index (χ4v) is 9.11. The molecule has 6 heteroatoms. The van der Waals surface area contributed by atoms with Gasteiger partial charge in [-0.1, -0.05) is 19.9 Å². The number of halogens is 1. The summed E-state index contributed by atoms with van der Waals surface area (Å²) in [6, 6.07) is 8.21. The van der Waals surface area contributed by atoms with Gasteiger partial charge in [-0.05, 0) is 93.0 Å². The Kier molecular flexibility index (Phi) is 7.59. The van der Waals surface area contributed by atoms with Gasteiger partial charge >= 0.3 is 5.97 Å². The SMILES string of the molecule is CC(=O)O[C@@H]1C[C@@]2(O)[C@H](C)CC[C@@H](C(C)CN3C4CCC3CC(Sc3ccc(F)cc3)C4)[C@H]2C=C1C. The molecular weight excluding hydrogens is 473 g/mol. The predicted molar refractivity (Wildman–Crippen MR) is 142 cm³/mol. The van der Waals surface area contributed by atoms with Gasteiger partial charge in [0, 0.05) is 48.0 Å². The number of rotatable bonds is 6. The van der Waals surface area contributed by atoms with Gasteiger partial charge < -0.3 is 9.84 Å². The first kappa shape index (κ1) is 26.2. The normalized spacial score (nSPS) is 39.3. The molecular formula is C30H42FNO3S. The predicted octanol–water partition coefficient (Wildman–Crippen LogP) is 6.22. The molecule has 8 atom stereocenters. The van der Waals surface area contributed by atoms with Crippen LogP contribution in [0.15, 0.2) is 40.8 Å². The molecule has 4 aliphatic rings. The Labute approximate surface area is 220 Å². The first-order chi connectivity index (χ1) is 17.1.